The summed E-state index contributed by atoms with van der Waals surface area (Å²) in [6, 6.07) is 5.80. The van der Waals surface area contributed by atoms with Crippen LogP contribution in [0.4, 0.5) is 5.69 Å². The molecule has 1 aliphatic rings. The summed E-state index contributed by atoms with van der Waals surface area (Å²) in [6.45, 7) is 3.32. The van der Waals surface area contributed by atoms with E-state index >= 15 is 0 Å². The van der Waals surface area contributed by atoms with Gasteiger partial charge in [-0.25, -0.2) is 0 Å². The number of rotatable bonds is 4. The van der Waals surface area contributed by atoms with Gasteiger partial charge in [-0.3, -0.25) is 0 Å². The molecule has 1 heterocycles. The molecular formula is C14H20ClN3S. The molecule has 0 amide bonds. The van der Waals surface area contributed by atoms with Gasteiger partial charge in [0.25, 0.3) is 0 Å². The molecule has 2 N–H and O–H groups in total. The number of hydrogen-bond acceptors (Lipinski definition) is 3. The Labute approximate surface area is 125 Å². The van der Waals surface area contributed by atoms with E-state index in [-0.39, 0.29) is 0 Å². The second-order valence-electron chi connectivity index (χ2n) is 5.30. The molecule has 19 heavy (non-hydrogen) atoms. The van der Waals surface area contributed by atoms with Crippen molar-refractivity contribution in [3.63, 3.8) is 0 Å². The van der Waals surface area contributed by atoms with Gasteiger partial charge in [0.15, 0.2) is 0 Å². The minimum Gasteiger partial charge on any atom is -0.389 e. The molecule has 1 unspecified atom stereocenters. The normalized spacial score (nSPS) is 19.6. The maximum Gasteiger partial charge on any atom is 0.107 e. The number of hydrogen-bond donors (Lipinski definition) is 1. The summed E-state index contributed by atoms with van der Waals surface area (Å²) in [5, 5.41) is 0.625. The van der Waals surface area contributed by atoms with Crippen LogP contribution in [-0.2, 0) is 0 Å². The second-order valence-corrected chi connectivity index (χ2v) is 6.14. The quantitative estimate of drug-likeness (QED) is 0.865. The smallest absolute Gasteiger partial charge is 0.107 e. The van der Waals surface area contributed by atoms with Crippen molar-refractivity contribution < 1.29 is 0 Å². The summed E-state index contributed by atoms with van der Waals surface area (Å²) in [5.41, 5.74) is 7.60. The molecule has 1 fully saturated rings. The highest BCUT2D eigenvalue weighted by Crippen LogP contribution is 2.28. The Kier molecular flexibility index (Phi) is 4.66. The van der Waals surface area contributed by atoms with Gasteiger partial charge in [0.1, 0.15) is 4.99 Å². The van der Waals surface area contributed by atoms with Crippen LogP contribution in [0.15, 0.2) is 18.2 Å². The fourth-order valence-electron chi connectivity index (χ4n) is 2.74. The predicted octanol–water partition coefficient (Wildman–Crippen LogP) is 2.36. The first-order valence-electron chi connectivity index (χ1n) is 6.47. The SMILES string of the molecule is CN1CCC(CN(C)c2cccc(Cl)c2C(N)=S)C1. The van der Waals surface area contributed by atoms with Gasteiger partial charge in [-0.2, -0.15) is 0 Å². The summed E-state index contributed by atoms with van der Waals surface area (Å²) in [6.07, 6.45) is 1.24. The summed E-state index contributed by atoms with van der Waals surface area (Å²) < 4.78 is 0. The van der Waals surface area contributed by atoms with Crippen molar-refractivity contribution in [2.45, 2.75) is 6.42 Å². The molecule has 0 radical (unpaired) electrons. The van der Waals surface area contributed by atoms with Crippen molar-refractivity contribution in [2.24, 2.45) is 11.7 Å². The number of nitrogens with two attached hydrogens (primary N) is 1. The molecule has 0 aromatic heterocycles. The molecule has 1 saturated heterocycles. The second kappa shape index (κ2) is 6.07. The van der Waals surface area contributed by atoms with Gasteiger partial charge in [-0.1, -0.05) is 29.9 Å². The van der Waals surface area contributed by atoms with Crippen LogP contribution in [0.3, 0.4) is 0 Å². The molecule has 1 atom stereocenters. The largest absolute Gasteiger partial charge is 0.389 e. The van der Waals surface area contributed by atoms with E-state index in [1.54, 1.807) is 0 Å². The zero-order chi connectivity index (χ0) is 14.0. The zero-order valence-electron chi connectivity index (χ0n) is 11.4. The monoisotopic (exact) mass is 297 g/mol. The number of halogens is 1. The third kappa shape index (κ3) is 3.38. The number of benzene rings is 1. The van der Waals surface area contributed by atoms with Gasteiger partial charge in [-0.15, -0.1) is 0 Å². The Morgan fingerprint density at radius 2 is 2.32 bits per heavy atom. The Morgan fingerprint density at radius 1 is 1.58 bits per heavy atom. The highest BCUT2D eigenvalue weighted by atomic mass is 35.5. The van der Waals surface area contributed by atoms with Crippen molar-refractivity contribution >= 4 is 34.5 Å². The Bertz CT molecular complexity index is 478. The summed E-state index contributed by atoms with van der Waals surface area (Å²) in [4.78, 5) is 4.94. The summed E-state index contributed by atoms with van der Waals surface area (Å²) in [5.74, 6) is 0.688. The van der Waals surface area contributed by atoms with E-state index in [0.29, 0.717) is 15.9 Å². The molecular weight excluding hydrogens is 278 g/mol. The number of likely N-dealkylation sites (tertiary alicyclic amines) is 1. The van der Waals surface area contributed by atoms with Gasteiger partial charge >= 0.3 is 0 Å². The molecule has 2 rings (SSSR count). The van der Waals surface area contributed by atoms with Crippen molar-refractivity contribution in [1.82, 2.24) is 4.90 Å². The minimum atomic E-state index is 0.357. The molecule has 0 spiro atoms. The zero-order valence-corrected chi connectivity index (χ0v) is 13.0. The highest BCUT2D eigenvalue weighted by Gasteiger charge is 2.22. The molecule has 3 nitrogen and oxygen atoms in total. The van der Waals surface area contributed by atoms with E-state index in [4.69, 9.17) is 29.6 Å². The fraction of sp³-hybridized carbons (Fsp3) is 0.500. The van der Waals surface area contributed by atoms with Gasteiger partial charge in [0.2, 0.25) is 0 Å². The Hall–Kier alpha value is -0.840. The van der Waals surface area contributed by atoms with Crippen LogP contribution < -0.4 is 10.6 Å². The molecule has 104 valence electrons. The lowest BCUT2D eigenvalue weighted by atomic mass is 10.1. The average Bonchev–Trinajstić information content (AvgIpc) is 2.73. The van der Waals surface area contributed by atoms with Crippen molar-refractivity contribution in [1.29, 1.82) is 0 Å². The molecule has 0 bridgehead atoms. The van der Waals surface area contributed by atoms with Crippen molar-refractivity contribution in [2.75, 3.05) is 38.6 Å². The summed E-state index contributed by atoms with van der Waals surface area (Å²) >= 11 is 11.3. The van der Waals surface area contributed by atoms with E-state index in [1.807, 2.05) is 18.2 Å². The number of thiocarbonyl (C=S) groups is 1. The predicted molar refractivity (Wildman–Crippen MR) is 86.2 cm³/mol. The van der Waals surface area contributed by atoms with Gasteiger partial charge in [-0.05, 0) is 38.1 Å². The lowest BCUT2D eigenvalue weighted by molar-refractivity contribution is 0.396. The maximum absolute atomic E-state index is 6.21. The third-order valence-electron chi connectivity index (χ3n) is 3.67. The molecule has 1 aromatic rings. The van der Waals surface area contributed by atoms with E-state index in [9.17, 15) is 0 Å². The van der Waals surface area contributed by atoms with E-state index in [1.165, 1.54) is 13.0 Å². The van der Waals surface area contributed by atoms with Crippen LogP contribution in [0.2, 0.25) is 5.02 Å². The van der Waals surface area contributed by atoms with Crippen molar-refractivity contribution in [3.8, 4) is 0 Å². The van der Waals surface area contributed by atoms with Gasteiger partial charge < -0.3 is 15.5 Å². The van der Waals surface area contributed by atoms with Crippen LogP contribution in [0, 0.1) is 5.92 Å². The van der Waals surface area contributed by atoms with E-state index < -0.39 is 0 Å². The first-order valence-corrected chi connectivity index (χ1v) is 7.25. The molecule has 1 aromatic carbocycles. The third-order valence-corrected chi connectivity index (χ3v) is 4.19. The molecule has 0 aliphatic carbocycles. The standard InChI is InChI=1S/C14H20ClN3S/c1-17-7-6-10(8-17)9-18(2)12-5-3-4-11(15)13(12)14(16)19/h3-5,10H,6-9H2,1-2H3,(H2,16,19). The average molecular weight is 298 g/mol. The number of nitrogens with zero attached hydrogens (tertiary/aromatic N) is 2. The van der Waals surface area contributed by atoms with Crippen molar-refractivity contribution in [3.05, 3.63) is 28.8 Å². The van der Waals surface area contributed by atoms with Gasteiger partial charge in [0, 0.05) is 25.8 Å². The van der Waals surface area contributed by atoms with Crippen LogP contribution >= 0.6 is 23.8 Å². The number of anilines is 1. The molecule has 0 saturated carbocycles. The Balaban J connectivity index is 2.17. The highest BCUT2D eigenvalue weighted by molar-refractivity contribution is 7.80. The first kappa shape index (κ1) is 14.6. The van der Waals surface area contributed by atoms with Crippen LogP contribution in [0.1, 0.15) is 12.0 Å². The lowest BCUT2D eigenvalue weighted by Gasteiger charge is -2.25. The van der Waals surface area contributed by atoms with Crippen LogP contribution in [-0.4, -0.2) is 43.6 Å². The molecule has 1 aliphatic heterocycles. The lowest BCUT2D eigenvalue weighted by Crippen LogP contribution is -2.29. The van der Waals surface area contributed by atoms with Gasteiger partial charge in [0.05, 0.1) is 10.6 Å². The molecule has 5 heteroatoms. The topological polar surface area (TPSA) is 32.5 Å². The van der Waals surface area contributed by atoms with E-state index in [2.05, 4.69) is 23.9 Å². The van der Waals surface area contributed by atoms with Crippen LogP contribution in [0.25, 0.3) is 0 Å². The minimum absolute atomic E-state index is 0.357. The fourth-order valence-corrected chi connectivity index (χ4v) is 3.28. The van der Waals surface area contributed by atoms with E-state index in [0.717, 1.165) is 24.3 Å². The maximum atomic E-state index is 6.21. The van der Waals surface area contributed by atoms with Crippen LogP contribution in [0.5, 0.6) is 0 Å². The Morgan fingerprint density at radius 3 is 2.89 bits per heavy atom. The first-order chi connectivity index (χ1) is 8.99. The summed E-state index contributed by atoms with van der Waals surface area (Å²) in [7, 11) is 4.24.